The minimum atomic E-state index is -0.674. The van der Waals surface area contributed by atoms with Gasteiger partial charge in [-0.25, -0.2) is 0 Å². The summed E-state index contributed by atoms with van der Waals surface area (Å²) >= 11 is 1.46. The minimum Gasteiger partial charge on any atom is -0.411 e. The van der Waals surface area contributed by atoms with Crippen molar-refractivity contribution in [3.63, 3.8) is 0 Å². The van der Waals surface area contributed by atoms with Crippen LogP contribution in [0, 0.1) is 0 Å². The second-order valence-electron chi connectivity index (χ2n) is 5.56. The highest BCUT2D eigenvalue weighted by atomic mass is 32.2. The molecule has 3 rings (SSSR count). The van der Waals surface area contributed by atoms with Gasteiger partial charge >= 0.3 is 0 Å². The van der Waals surface area contributed by atoms with Crippen molar-refractivity contribution in [2.75, 3.05) is 0 Å². The first-order valence-electron chi connectivity index (χ1n) is 7.76. The van der Waals surface area contributed by atoms with E-state index in [1.165, 1.54) is 11.8 Å². The molecule has 0 aliphatic carbocycles. The summed E-state index contributed by atoms with van der Waals surface area (Å²) in [7, 11) is 0. The van der Waals surface area contributed by atoms with Crippen LogP contribution in [0.1, 0.15) is 11.1 Å². The number of amides is 1. The smallest absolute Gasteiger partial charge is 0.277 e. The lowest BCUT2D eigenvalue weighted by atomic mass is 10.0. The molecule has 0 aliphatic heterocycles. The maximum absolute atomic E-state index is 11.1. The number of benzene rings is 2. The van der Waals surface area contributed by atoms with Crippen molar-refractivity contribution < 1.29 is 9.21 Å². The number of hydrogen-bond donors (Lipinski definition) is 2. The number of primary amides is 1. The molecule has 1 amide bonds. The fraction of sp³-hybridized carbons (Fsp3) is 0.167. The van der Waals surface area contributed by atoms with Crippen molar-refractivity contribution in [2.24, 2.45) is 11.5 Å². The van der Waals surface area contributed by atoms with E-state index in [0.29, 0.717) is 23.3 Å². The van der Waals surface area contributed by atoms with Gasteiger partial charge in [0.25, 0.3) is 5.22 Å². The molecule has 2 aromatic carbocycles. The number of rotatable bonds is 7. The van der Waals surface area contributed by atoms with Crippen LogP contribution in [-0.4, -0.2) is 22.1 Å². The molecule has 0 saturated heterocycles. The van der Waals surface area contributed by atoms with E-state index in [-0.39, 0.29) is 0 Å². The summed E-state index contributed by atoms with van der Waals surface area (Å²) in [6.07, 6.45) is 0.423. The van der Waals surface area contributed by atoms with Gasteiger partial charge in [0.15, 0.2) is 0 Å². The van der Waals surface area contributed by atoms with E-state index >= 15 is 0 Å². The first-order valence-corrected chi connectivity index (χ1v) is 8.75. The van der Waals surface area contributed by atoms with Crippen LogP contribution in [0.25, 0.3) is 11.5 Å². The minimum absolute atomic E-state index is 0.423. The van der Waals surface area contributed by atoms with Crippen LogP contribution in [-0.2, 0) is 17.0 Å². The quantitative estimate of drug-likeness (QED) is 0.631. The van der Waals surface area contributed by atoms with Gasteiger partial charge < -0.3 is 15.9 Å². The zero-order valence-electron chi connectivity index (χ0n) is 13.5. The molecule has 0 aliphatic rings. The van der Waals surface area contributed by atoms with Crippen LogP contribution >= 0.6 is 11.8 Å². The van der Waals surface area contributed by atoms with Crippen molar-refractivity contribution in [1.82, 2.24) is 10.2 Å². The van der Waals surface area contributed by atoms with Gasteiger partial charge in [0, 0.05) is 11.3 Å². The van der Waals surface area contributed by atoms with Gasteiger partial charge in [-0.1, -0.05) is 54.2 Å². The molecular weight excluding hydrogens is 336 g/mol. The van der Waals surface area contributed by atoms with E-state index in [2.05, 4.69) is 10.2 Å². The first kappa shape index (κ1) is 17.2. The molecule has 0 spiro atoms. The summed E-state index contributed by atoms with van der Waals surface area (Å²) in [6.45, 7) is 0. The lowest BCUT2D eigenvalue weighted by Gasteiger charge is -2.08. The Morgan fingerprint density at radius 1 is 1.08 bits per heavy atom. The average molecular weight is 354 g/mol. The Bertz CT molecular complexity index is 851. The van der Waals surface area contributed by atoms with Crippen LogP contribution in [0.15, 0.2) is 64.2 Å². The fourth-order valence-corrected chi connectivity index (χ4v) is 3.02. The van der Waals surface area contributed by atoms with Crippen molar-refractivity contribution in [1.29, 1.82) is 0 Å². The highest BCUT2D eigenvalue weighted by molar-refractivity contribution is 7.98. The molecule has 3 aromatic rings. The summed E-state index contributed by atoms with van der Waals surface area (Å²) in [5, 5.41) is 8.65. The van der Waals surface area contributed by atoms with Gasteiger partial charge in [-0.05, 0) is 29.7 Å². The molecular formula is C18H18N4O2S. The van der Waals surface area contributed by atoms with Crippen molar-refractivity contribution in [2.45, 2.75) is 23.4 Å². The zero-order chi connectivity index (χ0) is 17.6. The molecule has 0 bridgehead atoms. The number of thioether (sulfide) groups is 1. The maximum Gasteiger partial charge on any atom is 0.277 e. The fourth-order valence-electron chi connectivity index (χ4n) is 2.31. The van der Waals surface area contributed by atoms with E-state index in [1.807, 2.05) is 54.6 Å². The predicted octanol–water partition coefficient (Wildman–Crippen LogP) is 2.38. The Kier molecular flexibility index (Phi) is 5.47. The van der Waals surface area contributed by atoms with Gasteiger partial charge in [-0.3, -0.25) is 4.79 Å². The highest BCUT2D eigenvalue weighted by Gasteiger charge is 2.11. The summed E-state index contributed by atoms with van der Waals surface area (Å²) < 4.78 is 5.68. The SMILES string of the molecule is NC(=O)C(N)Cc1cccc(CSc2nnc(-c3ccccc3)o2)c1. The Labute approximate surface area is 149 Å². The van der Waals surface area contributed by atoms with E-state index in [0.717, 1.165) is 16.7 Å². The third-order valence-corrected chi connectivity index (χ3v) is 4.49. The Morgan fingerprint density at radius 2 is 1.84 bits per heavy atom. The zero-order valence-corrected chi connectivity index (χ0v) is 14.3. The molecule has 1 unspecified atom stereocenters. The normalized spacial score (nSPS) is 12.0. The Morgan fingerprint density at radius 3 is 2.60 bits per heavy atom. The first-order chi connectivity index (χ1) is 12.1. The van der Waals surface area contributed by atoms with Crippen LogP contribution < -0.4 is 11.5 Å². The number of carbonyl (C=O) groups is 1. The molecule has 0 fully saturated rings. The van der Waals surface area contributed by atoms with E-state index < -0.39 is 11.9 Å². The highest BCUT2D eigenvalue weighted by Crippen LogP contribution is 2.25. The third kappa shape index (κ3) is 4.68. The summed E-state index contributed by atoms with van der Waals surface area (Å²) in [5.41, 5.74) is 13.9. The molecule has 1 atom stereocenters. The number of aromatic nitrogens is 2. The molecule has 6 nitrogen and oxygen atoms in total. The number of nitrogens with zero attached hydrogens (tertiary/aromatic N) is 2. The molecule has 1 heterocycles. The molecule has 0 saturated carbocycles. The average Bonchev–Trinajstić information content (AvgIpc) is 3.10. The summed E-state index contributed by atoms with van der Waals surface area (Å²) in [6, 6.07) is 16.8. The van der Waals surface area contributed by atoms with E-state index in [1.54, 1.807) is 0 Å². The molecule has 25 heavy (non-hydrogen) atoms. The maximum atomic E-state index is 11.1. The lowest BCUT2D eigenvalue weighted by molar-refractivity contribution is -0.119. The van der Waals surface area contributed by atoms with Crippen LogP contribution in [0.4, 0.5) is 0 Å². The number of carbonyl (C=O) groups excluding carboxylic acids is 1. The second-order valence-corrected chi connectivity index (χ2v) is 6.49. The molecule has 1 aromatic heterocycles. The van der Waals surface area contributed by atoms with Crippen molar-refractivity contribution in [3.8, 4) is 11.5 Å². The summed E-state index contributed by atoms with van der Waals surface area (Å²) in [4.78, 5) is 11.1. The van der Waals surface area contributed by atoms with Crippen LogP contribution in [0.3, 0.4) is 0 Å². The predicted molar refractivity (Wildman–Crippen MR) is 96.6 cm³/mol. The largest absolute Gasteiger partial charge is 0.411 e. The van der Waals surface area contributed by atoms with Gasteiger partial charge in [0.05, 0.1) is 6.04 Å². The Hall–Kier alpha value is -2.64. The Balaban J connectivity index is 1.62. The van der Waals surface area contributed by atoms with Gasteiger partial charge in [-0.2, -0.15) is 0 Å². The molecule has 4 N–H and O–H groups in total. The lowest BCUT2D eigenvalue weighted by Crippen LogP contribution is -2.38. The second kappa shape index (κ2) is 7.96. The van der Waals surface area contributed by atoms with Gasteiger partial charge in [0.2, 0.25) is 11.8 Å². The molecule has 0 radical (unpaired) electrons. The van der Waals surface area contributed by atoms with Crippen LogP contribution in [0.2, 0.25) is 0 Å². The summed E-state index contributed by atoms with van der Waals surface area (Å²) in [5.74, 6) is 0.680. The molecule has 128 valence electrons. The third-order valence-electron chi connectivity index (χ3n) is 3.60. The van der Waals surface area contributed by atoms with E-state index in [4.69, 9.17) is 15.9 Å². The monoisotopic (exact) mass is 354 g/mol. The van der Waals surface area contributed by atoms with E-state index in [9.17, 15) is 4.79 Å². The van der Waals surface area contributed by atoms with Crippen LogP contribution in [0.5, 0.6) is 0 Å². The van der Waals surface area contributed by atoms with Gasteiger partial charge in [-0.15, -0.1) is 10.2 Å². The van der Waals surface area contributed by atoms with Crippen molar-refractivity contribution >= 4 is 17.7 Å². The van der Waals surface area contributed by atoms with Crippen molar-refractivity contribution in [3.05, 3.63) is 65.7 Å². The molecule has 7 heteroatoms. The number of nitrogens with two attached hydrogens (primary N) is 2. The standard InChI is InChI=1S/C18H18N4O2S/c19-15(16(20)23)10-12-5-4-6-13(9-12)11-25-18-22-21-17(24-18)14-7-2-1-3-8-14/h1-9,15H,10-11,19H2,(H2,20,23). The van der Waals surface area contributed by atoms with Gasteiger partial charge in [0.1, 0.15) is 0 Å². The number of hydrogen-bond acceptors (Lipinski definition) is 6. The topological polar surface area (TPSA) is 108 Å².